The number of aliphatic carboxylic acids is 1. The third-order valence-electron chi connectivity index (χ3n) is 3.93. The van der Waals surface area contributed by atoms with Gasteiger partial charge in [0.25, 0.3) is 0 Å². The molecule has 21 heavy (non-hydrogen) atoms. The summed E-state index contributed by atoms with van der Waals surface area (Å²) in [6.07, 6.45) is 4.74. The summed E-state index contributed by atoms with van der Waals surface area (Å²) in [5, 5.41) is 21.7. The highest BCUT2D eigenvalue weighted by molar-refractivity contribution is 7.99. The van der Waals surface area contributed by atoms with Crippen LogP contribution in [-0.4, -0.2) is 43.2 Å². The molecule has 0 bridgehead atoms. The first-order valence-corrected chi connectivity index (χ1v) is 8.41. The van der Waals surface area contributed by atoms with Crippen molar-refractivity contribution in [3.05, 3.63) is 5.82 Å². The van der Waals surface area contributed by atoms with E-state index < -0.39 is 11.5 Å². The first-order chi connectivity index (χ1) is 9.92. The molecule has 7 heteroatoms. The molecule has 2 N–H and O–H groups in total. The van der Waals surface area contributed by atoms with Gasteiger partial charge in [-0.15, -0.1) is 10.2 Å². The predicted molar refractivity (Wildman–Crippen MR) is 82.5 cm³/mol. The van der Waals surface area contributed by atoms with Crippen LogP contribution in [0.15, 0.2) is 5.16 Å². The van der Waals surface area contributed by atoms with Gasteiger partial charge in [0.1, 0.15) is 11.4 Å². The zero-order valence-corrected chi connectivity index (χ0v) is 13.7. The molecule has 0 saturated heterocycles. The molecule has 6 nitrogen and oxygen atoms in total. The van der Waals surface area contributed by atoms with E-state index in [1.807, 2.05) is 18.5 Å². The molecule has 1 aliphatic rings. The summed E-state index contributed by atoms with van der Waals surface area (Å²) < 4.78 is 1.97. The average Bonchev–Trinajstić information content (AvgIpc) is 3.18. The van der Waals surface area contributed by atoms with Crippen molar-refractivity contribution in [2.45, 2.75) is 62.7 Å². The SMILES string of the molecule is Cc1nnc(SCCCCC(C)(NC2CC2)C(=O)O)n1C. The number of aryl methyl sites for hydroxylation is 1. The van der Waals surface area contributed by atoms with Crippen LogP contribution in [0.1, 0.15) is 44.9 Å². The van der Waals surface area contributed by atoms with Crippen LogP contribution in [0.2, 0.25) is 0 Å². The van der Waals surface area contributed by atoms with E-state index in [9.17, 15) is 9.90 Å². The van der Waals surface area contributed by atoms with Gasteiger partial charge in [-0.25, -0.2) is 0 Å². The van der Waals surface area contributed by atoms with Gasteiger partial charge in [0, 0.05) is 18.8 Å². The van der Waals surface area contributed by atoms with Crippen LogP contribution >= 0.6 is 11.8 Å². The van der Waals surface area contributed by atoms with Gasteiger partial charge in [0.2, 0.25) is 0 Å². The van der Waals surface area contributed by atoms with Gasteiger partial charge >= 0.3 is 5.97 Å². The van der Waals surface area contributed by atoms with Crippen molar-refractivity contribution in [1.29, 1.82) is 0 Å². The number of thioether (sulfide) groups is 1. The number of carboxylic acids is 1. The van der Waals surface area contributed by atoms with Gasteiger partial charge in [-0.05, 0) is 39.5 Å². The van der Waals surface area contributed by atoms with Crippen molar-refractivity contribution < 1.29 is 9.90 Å². The molecular formula is C14H24N4O2S. The van der Waals surface area contributed by atoms with E-state index in [2.05, 4.69) is 15.5 Å². The smallest absolute Gasteiger partial charge is 0.323 e. The van der Waals surface area contributed by atoms with E-state index in [1.165, 1.54) is 0 Å². The van der Waals surface area contributed by atoms with Crippen molar-refractivity contribution in [3.63, 3.8) is 0 Å². The van der Waals surface area contributed by atoms with E-state index in [4.69, 9.17) is 0 Å². The lowest BCUT2D eigenvalue weighted by Crippen LogP contribution is -2.50. The van der Waals surface area contributed by atoms with Crippen LogP contribution in [0.4, 0.5) is 0 Å². The lowest BCUT2D eigenvalue weighted by molar-refractivity contribution is -0.144. The van der Waals surface area contributed by atoms with E-state index in [-0.39, 0.29) is 0 Å². The van der Waals surface area contributed by atoms with E-state index >= 15 is 0 Å². The third kappa shape index (κ3) is 4.44. The quantitative estimate of drug-likeness (QED) is 0.536. The van der Waals surface area contributed by atoms with Crippen molar-refractivity contribution in [1.82, 2.24) is 20.1 Å². The highest BCUT2D eigenvalue weighted by atomic mass is 32.2. The Morgan fingerprint density at radius 1 is 1.48 bits per heavy atom. The monoisotopic (exact) mass is 312 g/mol. The maximum absolute atomic E-state index is 11.4. The zero-order valence-electron chi connectivity index (χ0n) is 12.9. The van der Waals surface area contributed by atoms with Gasteiger partial charge in [-0.3, -0.25) is 10.1 Å². The molecular weight excluding hydrogens is 288 g/mol. The Morgan fingerprint density at radius 2 is 2.19 bits per heavy atom. The molecule has 1 aromatic heterocycles. The average molecular weight is 312 g/mol. The molecule has 2 rings (SSSR count). The maximum atomic E-state index is 11.4. The normalized spacial score (nSPS) is 17.7. The molecule has 1 saturated carbocycles. The summed E-state index contributed by atoms with van der Waals surface area (Å²) in [5.41, 5.74) is -0.785. The number of carboxylic acid groups (broad SMARTS) is 1. The predicted octanol–water partition coefficient (Wildman–Crippen LogP) is 1.98. The molecule has 1 aromatic rings. The molecule has 1 unspecified atom stereocenters. The summed E-state index contributed by atoms with van der Waals surface area (Å²) in [5.74, 6) is 1.10. The van der Waals surface area contributed by atoms with Crippen LogP contribution in [0, 0.1) is 6.92 Å². The molecule has 0 aliphatic heterocycles. The Kier molecular flexibility index (Phi) is 5.27. The summed E-state index contributed by atoms with van der Waals surface area (Å²) in [6.45, 7) is 3.73. The van der Waals surface area contributed by atoms with Gasteiger partial charge in [-0.2, -0.15) is 0 Å². The summed E-state index contributed by atoms with van der Waals surface area (Å²) >= 11 is 1.67. The second-order valence-corrected chi connectivity index (χ2v) is 7.01. The van der Waals surface area contributed by atoms with E-state index in [1.54, 1.807) is 18.7 Å². The summed E-state index contributed by atoms with van der Waals surface area (Å²) in [7, 11) is 1.96. The Hall–Kier alpha value is -1.08. The molecule has 1 aliphatic carbocycles. The standard InChI is InChI=1S/C14H24N4O2S/c1-10-16-17-13(18(10)3)21-9-5-4-8-14(2,12(19)20)15-11-6-7-11/h11,15H,4-9H2,1-3H3,(H,19,20). The highest BCUT2D eigenvalue weighted by Crippen LogP contribution is 2.26. The van der Waals surface area contributed by atoms with Crippen molar-refractivity contribution in [3.8, 4) is 0 Å². The minimum absolute atomic E-state index is 0.405. The van der Waals surface area contributed by atoms with Gasteiger partial charge in [-0.1, -0.05) is 18.2 Å². The molecule has 118 valence electrons. The van der Waals surface area contributed by atoms with E-state index in [0.717, 1.165) is 42.4 Å². The highest BCUT2D eigenvalue weighted by Gasteiger charge is 2.37. The minimum Gasteiger partial charge on any atom is -0.480 e. The lowest BCUT2D eigenvalue weighted by Gasteiger charge is -2.26. The first-order valence-electron chi connectivity index (χ1n) is 7.42. The maximum Gasteiger partial charge on any atom is 0.323 e. The molecule has 1 fully saturated rings. The number of aromatic nitrogens is 3. The Labute approximate surface area is 129 Å². The first kappa shape index (κ1) is 16.3. The molecule has 1 atom stereocenters. The van der Waals surface area contributed by atoms with Crippen molar-refractivity contribution in [2.75, 3.05) is 5.75 Å². The van der Waals surface area contributed by atoms with E-state index in [0.29, 0.717) is 12.5 Å². The Morgan fingerprint density at radius 3 is 2.71 bits per heavy atom. The summed E-state index contributed by atoms with van der Waals surface area (Å²) in [6, 6.07) is 0.405. The van der Waals surface area contributed by atoms with Crippen LogP contribution < -0.4 is 5.32 Å². The molecule has 0 spiro atoms. The Balaban J connectivity index is 1.70. The second kappa shape index (κ2) is 6.79. The minimum atomic E-state index is -0.785. The molecule has 0 aromatic carbocycles. The second-order valence-electron chi connectivity index (χ2n) is 5.95. The van der Waals surface area contributed by atoms with Crippen molar-refractivity contribution >= 4 is 17.7 Å². The van der Waals surface area contributed by atoms with Crippen molar-refractivity contribution in [2.24, 2.45) is 7.05 Å². The fourth-order valence-electron chi connectivity index (χ4n) is 2.18. The van der Waals surface area contributed by atoms with Gasteiger partial charge in [0.05, 0.1) is 0 Å². The van der Waals surface area contributed by atoms with Gasteiger partial charge < -0.3 is 9.67 Å². The van der Waals surface area contributed by atoms with Crippen LogP contribution in [0.25, 0.3) is 0 Å². The fraction of sp³-hybridized carbons (Fsp3) is 0.786. The Bertz CT molecular complexity index is 501. The topological polar surface area (TPSA) is 80.0 Å². The van der Waals surface area contributed by atoms with Gasteiger partial charge in [0.15, 0.2) is 5.16 Å². The fourth-order valence-corrected chi connectivity index (χ4v) is 3.13. The largest absolute Gasteiger partial charge is 0.480 e. The number of nitrogens with zero attached hydrogens (tertiary/aromatic N) is 3. The number of hydrogen-bond acceptors (Lipinski definition) is 5. The molecule has 0 amide bonds. The third-order valence-corrected chi connectivity index (χ3v) is 5.03. The number of hydrogen-bond donors (Lipinski definition) is 2. The summed E-state index contributed by atoms with van der Waals surface area (Å²) in [4.78, 5) is 11.4. The van der Waals surface area contributed by atoms with Crippen LogP contribution in [0.5, 0.6) is 0 Å². The molecule has 1 heterocycles. The molecule has 0 radical (unpaired) electrons. The zero-order chi connectivity index (χ0) is 15.5. The lowest BCUT2D eigenvalue weighted by atomic mass is 9.95. The number of unbranched alkanes of at least 4 members (excludes halogenated alkanes) is 1. The number of carbonyl (C=O) groups is 1. The number of rotatable bonds is 9. The van der Waals surface area contributed by atoms with Crippen LogP contribution in [0.3, 0.4) is 0 Å². The van der Waals surface area contributed by atoms with Crippen LogP contribution in [-0.2, 0) is 11.8 Å². The number of nitrogens with one attached hydrogen (secondary N) is 1.